The van der Waals surface area contributed by atoms with E-state index >= 15 is 0 Å². The summed E-state index contributed by atoms with van der Waals surface area (Å²) < 4.78 is 7.73. The van der Waals surface area contributed by atoms with Crippen molar-refractivity contribution in [1.82, 2.24) is 9.38 Å². The Balaban J connectivity index is 1.29. The normalized spacial score (nSPS) is 17.3. The maximum atomic E-state index is 5.10. The van der Waals surface area contributed by atoms with Crippen LogP contribution in [0.5, 0.6) is 0 Å². The molecule has 0 saturated carbocycles. The summed E-state index contributed by atoms with van der Waals surface area (Å²) in [6, 6.07) is 59.1. The molecule has 4 heteroatoms. The van der Waals surface area contributed by atoms with Crippen LogP contribution in [0.3, 0.4) is 0 Å². The lowest BCUT2D eigenvalue weighted by atomic mass is 9.58. The molecule has 2 aliphatic carbocycles. The minimum Gasteiger partial charge on any atom is -0.217 e. The summed E-state index contributed by atoms with van der Waals surface area (Å²) >= 11 is 0. The van der Waals surface area contributed by atoms with Gasteiger partial charge in [0, 0.05) is 23.7 Å². The van der Waals surface area contributed by atoms with E-state index in [2.05, 4.69) is 177 Å². The minimum absolute atomic E-state index is 0.503. The van der Waals surface area contributed by atoms with Crippen molar-refractivity contribution in [2.75, 3.05) is 0 Å². The van der Waals surface area contributed by atoms with Crippen molar-refractivity contribution in [1.29, 1.82) is 0 Å². The maximum absolute atomic E-state index is 5.10. The molecule has 4 aromatic heterocycles. The average molecular weight is 673 g/mol. The first-order chi connectivity index (χ1) is 26.3. The van der Waals surface area contributed by atoms with Gasteiger partial charge in [0.15, 0.2) is 17.2 Å². The summed E-state index contributed by atoms with van der Waals surface area (Å²) in [5, 5.41) is 3.73. The first-order valence-electron chi connectivity index (χ1n) is 18.5. The van der Waals surface area contributed by atoms with Gasteiger partial charge in [0.05, 0.1) is 32.9 Å². The van der Waals surface area contributed by atoms with Gasteiger partial charge >= 0.3 is 11.3 Å². The molecule has 0 amide bonds. The van der Waals surface area contributed by atoms with Crippen LogP contribution in [0.4, 0.5) is 0 Å². The molecule has 4 nitrogen and oxygen atoms in total. The Kier molecular flexibility index (Phi) is 4.43. The highest BCUT2D eigenvalue weighted by Crippen LogP contribution is 2.65. The molecule has 10 aromatic rings. The molecular weight excluding hydrogens is 645 g/mol. The molecule has 0 N–H and O–H groups in total. The number of hydrogen-bond donors (Lipinski definition) is 0. The molecule has 0 saturated heterocycles. The number of imidazole rings is 1. The van der Waals surface area contributed by atoms with Crippen molar-refractivity contribution in [2.24, 2.45) is 0 Å². The third-order valence-electron chi connectivity index (χ3n) is 13.0. The fourth-order valence-electron chi connectivity index (χ4n) is 11.4. The third kappa shape index (κ3) is 2.67. The van der Waals surface area contributed by atoms with Crippen molar-refractivity contribution < 1.29 is 9.13 Å². The average Bonchev–Trinajstić information content (AvgIpc) is 3.93. The Labute approximate surface area is 304 Å². The highest BCUT2D eigenvalue weighted by atomic mass is 15.3. The van der Waals surface area contributed by atoms with E-state index in [9.17, 15) is 0 Å². The second kappa shape index (κ2) is 8.75. The molecular formula is C49H28N4+2. The minimum atomic E-state index is -0.670. The predicted octanol–water partition coefficient (Wildman–Crippen LogP) is 9.30. The van der Waals surface area contributed by atoms with Crippen LogP contribution >= 0.6 is 0 Å². The molecule has 2 spiro atoms. The van der Waals surface area contributed by atoms with Gasteiger partial charge in [-0.15, -0.1) is 9.13 Å². The standard InChI is InChI=1S/C49H28N4/c1-2-12-29(13-3-1)30-25-27-51-42(28-30)35-16-10-20-38-44(35)49(51)45-39(48(38)36-18-6-4-14-31(36)32-15-5-7-19-37(32)48)24-23-33-34-17-11-26-50-46(34)52-40-21-8-9-22-41(40)53(49)47(52)43(33)45/h1-28H/q+2. The molecule has 6 heterocycles. The summed E-state index contributed by atoms with van der Waals surface area (Å²) in [5.74, 6) is 0. The quantitative estimate of drug-likeness (QED) is 0.126. The fourth-order valence-corrected chi connectivity index (χ4v) is 11.4. The summed E-state index contributed by atoms with van der Waals surface area (Å²) in [7, 11) is 0. The van der Waals surface area contributed by atoms with Crippen LogP contribution in [0.25, 0.3) is 72.0 Å². The molecule has 242 valence electrons. The van der Waals surface area contributed by atoms with Gasteiger partial charge in [-0.05, 0) is 74.8 Å². The summed E-state index contributed by atoms with van der Waals surface area (Å²) in [5.41, 5.74) is 19.2. The van der Waals surface area contributed by atoms with E-state index < -0.39 is 11.1 Å². The summed E-state index contributed by atoms with van der Waals surface area (Å²) in [6.45, 7) is 0. The molecule has 0 bridgehead atoms. The molecule has 14 rings (SSSR count). The highest BCUT2D eigenvalue weighted by molar-refractivity contribution is 6.15. The first kappa shape index (κ1) is 26.8. The van der Waals surface area contributed by atoms with Crippen LogP contribution in [0.1, 0.15) is 33.4 Å². The van der Waals surface area contributed by atoms with Crippen molar-refractivity contribution in [3.05, 3.63) is 203 Å². The smallest absolute Gasteiger partial charge is 0.217 e. The second-order valence-electron chi connectivity index (χ2n) is 15.0. The molecule has 6 aromatic carbocycles. The lowest BCUT2D eigenvalue weighted by Crippen LogP contribution is -2.73. The number of hydrogen-bond acceptors (Lipinski definition) is 1. The molecule has 1 unspecified atom stereocenters. The Morgan fingerprint density at radius 3 is 2.09 bits per heavy atom. The molecule has 2 aliphatic heterocycles. The number of benzene rings is 6. The number of pyridine rings is 3. The van der Waals surface area contributed by atoms with E-state index in [-0.39, 0.29) is 0 Å². The Morgan fingerprint density at radius 2 is 1.25 bits per heavy atom. The van der Waals surface area contributed by atoms with E-state index in [0.29, 0.717) is 0 Å². The monoisotopic (exact) mass is 672 g/mol. The van der Waals surface area contributed by atoms with E-state index in [4.69, 9.17) is 4.98 Å². The highest BCUT2D eigenvalue weighted by Gasteiger charge is 2.72. The summed E-state index contributed by atoms with van der Waals surface area (Å²) in [4.78, 5) is 5.10. The van der Waals surface area contributed by atoms with Crippen LogP contribution in [0.2, 0.25) is 0 Å². The van der Waals surface area contributed by atoms with E-state index in [1.807, 2.05) is 6.20 Å². The van der Waals surface area contributed by atoms with Crippen LogP contribution < -0.4 is 9.13 Å². The Hall–Kier alpha value is -6.91. The van der Waals surface area contributed by atoms with E-state index in [1.54, 1.807) is 0 Å². The number of aromatic nitrogens is 4. The zero-order chi connectivity index (χ0) is 34.2. The third-order valence-corrected chi connectivity index (χ3v) is 13.0. The maximum Gasteiger partial charge on any atom is 0.365 e. The van der Waals surface area contributed by atoms with Crippen LogP contribution in [-0.4, -0.2) is 9.38 Å². The van der Waals surface area contributed by atoms with Gasteiger partial charge in [0.1, 0.15) is 0 Å². The molecule has 4 aliphatic rings. The fraction of sp³-hybridized carbons (Fsp3) is 0.0408. The SMILES string of the molecule is c1ccc(-c2cc[n+]3c(c2)-c2cccc4c2C32c3c(ccc5c6cccnc6n6c7ccccc7[n+]2c6c35)C42c3ccccc3-c3ccccc32)cc1. The predicted molar refractivity (Wildman–Crippen MR) is 208 cm³/mol. The van der Waals surface area contributed by atoms with Gasteiger partial charge in [-0.1, -0.05) is 115 Å². The Morgan fingerprint density at radius 1 is 0.528 bits per heavy atom. The topological polar surface area (TPSA) is 25.1 Å². The molecule has 1 atom stereocenters. The molecule has 0 fully saturated rings. The largest absolute Gasteiger partial charge is 0.365 e. The lowest BCUT2D eigenvalue weighted by molar-refractivity contribution is -0.940. The van der Waals surface area contributed by atoms with E-state index in [1.165, 1.54) is 99.7 Å². The van der Waals surface area contributed by atoms with Crippen molar-refractivity contribution in [2.45, 2.75) is 11.1 Å². The van der Waals surface area contributed by atoms with Gasteiger partial charge in [0.2, 0.25) is 11.3 Å². The van der Waals surface area contributed by atoms with Gasteiger partial charge in [-0.2, -0.15) is 4.40 Å². The van der Waals surface area contributed by atoms with Gasteiger partial charge in [-0.3, -0.25) is 0 Å². The van der Waals surface area contributed by atoms with Gasteiger partial charge in [0.25, 0.3) is 0 Å². The Bertz CT molecular complexity index is 3310. The van der Waals surface area contributed by atoms with Crippen molar-refractivity contribution >= 4 is 38.5 Å². The second-order valence-corrected chi connectivity index (χ2v) is 15.0. The number of para-hydroxylation sites is 2. The van der Waals surface area contributed by atoms with Crippen molar-refractivity contribution in [3.63, 3.8) is 0 Å². The van der Waals surface area contributed by atoms with Crippen LogP contribution in [0.15, 0.2) is 170 Å². The van der Waals surface area contributed by atoms with Gasteiger partial charge < -0.3 is 0 Å². The zero-order valence-electron chi connectivity index (χ0n) is 28.5. The lowest BCUT2D eigenvalue weighted by Gasteiger charge is -2.42. The van der Waals surface area contributed by atoms with Crippen LogP contribution in [0, 0.1) is 0 Å². The number of nitrogens with zero attached hydrogens (tertiary/aromatic N) is 4. The number of fused-ring (bicyclic) bond motifs is 15. The molecule has 0 radical (unpaired) electrons. The van der Waals surface area contributed by atoms with Crippen molar-refractivity contribution in [3.8, 4) is 33.5 Å². The van der Waals surface area contributed by atoms with Gasteiger partial charge in [-0.25, -0.2) is 4.98 Å². The van der Waals surface area contributed by atoms with E-state index in [0.717, 1.165) is 5.65 Å². The van der Waals surface area contributed by atoms with Crippen LogP contribution in [-0.2, 0) is 11.1 Å². The summed E-state index contributed by atoms with van der Waals surface area (Å²) in [6.07, 6.45) is 4.31. The number of rotatable bonds is 1. The first-order valence-corrected chi connectivity index (χ1v) is 18.5. The molecule has 53 heavy (non-hydrogen) atoms. The zero-order valence-corrected chi connectivity index (χ0v) is 28.5.